The van der Waals surface area contributed by atoms with E-state index in [1.165, 1.54) is 0 Å². The summed E-state index contributed by atoms with van der Waals surface area (Å²) in [5.41, 5.74) is 3.21. The molecule has 0 aliphatic rings. The molecule has 4 aromatic rings. The molecule has 0 amide bonds. The van der Waals surface area contributed by atoms with Crippen molar-refractivity contribution in [2.75, 3.05) is 3.11 Å². The molecule has 4 rings (SSSR count). The van der Waals surface area contributed by atoms with Gasteiger partial charge in [-0.3, -0.25) is 3.11 Å². The van der Waals surface area contributed by atoms with Gasteiger partial charge in [0.2, 0.25) is 0 Å². The van der Waals surface area contributed by atoms with Gasteiger partial charge in [0.15, 0.2) is 0 Å². The molecular formula is C20H10IN3S. The molecule has 0 N–H and O–H groups in total. The summed E-state index contributed by atoms with van der Waals surface area (Å²) in [4.78, 5) is 0. The Morgan fingerprint density at radius 3 is 2.08 bits per heavy atom. The highest BCUT2D eigenvalue weighted by atomic mass is 127. The predicted octanol–water partition coefficient (Wildman–Crippen LogP) is 6.29. The number of anilines is 2. The van der Waals surface area contributed by atoms with Gasteiger partial charge in [0, 0.05) is 10.8 Å². The van der Waals surface area contributed by atoms with Crippen molar-refractivity contribution in [3.05, 3.63) is 71.8 Å². The highest BCUT2D eigenvalue weighted by molar-refractivity contribution is 14.1. The number of hydrogen-bond donors (Lipinski definition) is 0. The molecule has 0 radical (unpaired) electrons. The van der Waals surface area contributed by atoms with Crippen LogP contribution in [0.3, 0.4) is 0 Å². The smallest absolute Gasteiger partial charge is 0.101 e. The molecule has 0 aliphatic heterocycles. The first kappa shape index (κ1) is 15.9. The van der Waals surface area contributed by atoms with E-state index in [2.05, 4.69) is 47.1 Å². The van der Waals surface area contributed by atoms with Crippen LogP contribution in [0, 0.1) is 22.7 Å². The minimum absolute atomic E-state index is 0.632. The third kappa shape index (κ3) is 2.53. The molecule has 25 heavy (non-hydrogen) atoms. The van der Waals surface area contributed by atoms with Gasteiger partial charge in [-0.1, -0.05) is 36.4 Å². The number of thiophene rings is 1. The number of fused-ring (bicyclic) bond motifs is 3. The Kier molecular flexibility index (Phi) is 4.04. The van der Waals surface area contributed by atoms with E-state index in [0.717, 1.165) is 31.5 Å². The molecule has 1 heterocycles. The average molecular weight is 451 g/mol. The topological polar surface area (TPSA) is 50.8 Å². The summed E-state index contributed by atoms with van der Waals surface area (Å²) in [5.74, 6) is 0. The molecule has 0 unspecified atom stereocenters. The van der Waals surface area contributed by atoms with E-state index in [9.17, 15) is 10.5 Å². The number of halogens is 1. The Morgan fingerprint density at radius 2 is 1.32 bits per heavy atom. The molecule has 0 saturated heterocycles. The Morgan fingerprint density at radius 1 is 0.720 bits per heavy atom. The number of hydrogen-bond acceptors (Lipinski definition) is 4. The highest BCUT2D eigenvalue weighted by Crippen LogP contribution is 2.44. The molecule has 0 bridgehead atoms. The molecule has 0 atom stereocenters. The fraction of sp³-hybridized carbons (Fsp3) is 0. The van der Waals surface area contributed by atoms with Gasteiger partial charge in [-0.05, 0) is 24.3 Å². The normalized spacial score (nSPS) is 10.5. The lowest BCUT2D eigenvalue weighted by Crippen LogP contribution is -2.02. The maximum Gasteiger partial charge on any atom is 0.101 e. The van der Waals surface area contributed by atoms with Crippen molar-refractivity contribution >= 4 is 65.7 Å². The van der Waals surface area contributed by atoms with E-state index >= 15 is 0 Å². The van der Waals surface area contributed by atoms with Gasteiger partial charge in [-0.2, -0.15) is 10.5 Å². The van der Waals surface area contributed by atoms with Crippen molar-refractivity contribution in [2.45, 2.75) is 0 Å². The SMILES string of the molecule is N#Cc1ccccc1N(I)c1cccc2c1sc1c(C#N)cccc12. The molecule has 0 fully saturated rings. The largest absolute Gasteiger partial charge is 0.280 e. The second-order valence-corrected chi connectivity index (χ2v) is 7.45. The quantitative estimate of drug-likeness (QED) is 0.266. The summed E-state index contributed by atoms with van der Waals surface area (Å²) in [6.45, 7) is 0. The first-order valence-corrected chi connectivity index (χ1v) is 9.32. The van der Waals surface area contributed by atoms with Crippen LogP contribution in [0.2, 0.25) is 0 Å². The molecule has 3 nitrogen and oxygen atoms in total. The maximum atomic E-state index is 9.40. The molecular weight excluding hydrogens is 441 g/mol. The van der Waals surface area contributed by atoms with E-state index in [0.29, 0.717) is 11.1 Å². The Balaban J connectivity index is 2.00. The summed E-state index contributed by atoms with van der Waals surface area (Å²) in [5, 5.41) is 21.0. The lowest BCUT2D eigenvalue weighted by Gasteiger charge is -2.18. The zero-order valence-electron chi connectivity index (χ0n) is 12.9. The van der Waals surface area contributed by atoms with E-state index in [4.69, 9.17) is 0 Å². The van der Waals surface area contributed by atoms with Crippen LogP contribution in [-0.4, -0.2) is 0 Å². The van der Waals surface area contributed by atoms with Gasteiger partial charge in [0.1, 0.15) is 12.1 Å². The first-order valence-electron chi connectivity index (χ1n) is 7.54. The highest BCUT2D eigenvalue weighted by Gasteiger charge is 2.17. The second kappa shape index (κ2) is 6.36. The van der Waals surface area contributed by atoms with E-state index in [1.54, 1.807) is 11.3 Å². The molecule has 0 aliphatic carbocycles. The van der Waals surface area contributed by atoms with Crippen LogP contribution in [0.25, 0.3) is 20.2 Å². The number of benzene rings is 3. The average Bonchev–Trinajstić information content (AvgIpc) is 3.06. The number of nitriles is 2. The Hall–Kier alpha value is -2.61. The van der Waals surface area contributed by atoms with Gasteiger partial charge >= 0.3 is 0 Å². The third-order valence-electron chi connectivity index (χ3n) is 4.07. The first-order chi connectivity index (χ1) is 12.2. The van der Waals surface area contributed by atoms with Crippen LogP contribution in [0.5, 0.6) is 0 Å². The van der Waals surface area contributed by atoms with Gasteiger partial charge in [0.25, 0.3) is 0 Å². The minimum atomic E-state index is 0.632. The fourth-order valence-electron chi connectivity index (χ4n) is 2.92. The Bertz CT molecular complexity index is 1200. The van der Waals surface area contributed by atoms with Crippen molar-refractivity contribution in [3.8, 4) is 12.1 Å². The van der Waals surface area contributed by atoms with Crippen molar-refractivity contribution < 1.29 is 0 Å². The van der Waals surface area contributed by atoms with Gasteiger partial charge in [-0.15, -0.1) is 11.3 Å². The molecule has 0 spiro atoms. The summed E-state index contributed by atoms with van der Waals surface area (Å²) < 4.78 is 4.13. The van der Waals surface area contributed by atoms with E-state index < -0.39 is 0 Å². The van der Waals surface area contributed by atoms with Crippen LogP contribution in [0.4, 0.5) is 11.4 Å². The molecule has 118 valence electrons. The van der Waals surface area contributed by atoms with Crippen LogP contribution in [-0.2, 0) is 0 Å². The summed E-state index contributed by atoms with van der Waals surface area (Å²) in [6.07, 6.45) is 0. The monoisotopic (exact) mass is 451 g/mol. The van der Waals surface area contributed by atoms with E-state index in [1.807, 2.05) is 51.6 Å². The third-order valence-corrected chi connectivity index (χ3v) is 6.39. The summed E-state index contributed by atoms with van der Waals surface area (Å²) in [6, 6.07) is 24.1. The standard InChI is InChI=1S/C20H10IN3S/c21-24(17-9-2-1-5-13(17)11-22)18-10-4-8-16-15-7-3-6-14(12-23)19(15)25-20(16)18/h1-10H. The second-order valence-electron chi connectivity index (χ2n) is 5.46. The van der Waals surface area contributed by atoms with Crippen LogP contribution in [0.15, 0.2) is 60.7 Å². The lowest BCUT2D eigenvalue weighted by molar-refractivity contribution is 1.44. The molecule has 3 aromatic carbocycles. The van der Waals surface area contributed by atoms with Crippen molar-refractivity contribution in [2.24, 2.45) is 0 Å². The van der Waals surface area contributed by atoms with Crippen LogP contribution >= 0.6 is 34.2 Å². The zero-order valence-corrected chi connectivity index (χ0v) is 15.9. The van der Waals surface area contributed by atoms with Gasteiger partial charge in [-0.25, -0.2) is 0 Å². The van der Waals surface area contributed by atoms with Crippen molar-refractivity contribution in [1.29, 1.82) is 10.5 Å². The summed E-state index contributed by atoms with van der Waals surface area (Å²) >= 11 is 3.86. The molecule has 5 heteroatoms. The number of rotatable bonds is 2. The van der Waals surface area contributed by atoms with Crippen molar-refractivity contribution in [3.63, 3.8) is 0 Å². The van der Waals surface area contributed by atoms with Crippen LogP contribution in [0.1, 0.15) is 11.1 Å². The lowest BCUT2D eigenvalue weighted by atomic mass is 10.1. The maximum absolute atomic E-state index is 9.40. The number of nitrogens with zero attached hydrogens (tertiary/aromatic N) is 3. The molecule has 1 aromatic heterocycles. The van der Waals surface area contributed by atoms with Crippen molar-refractivity contribution in [1.82, 2.24) is 0 Å². The molecule has 0 saturated carbocycles. The summed E-state index contributed by atoms with van der Waals surface area (Å²) in [7, 11) is 0. The van der Waals surface area contributed by atoms with Gasteiger partial charge in [0.05, 0.1) is 54.8 Å². The minimum Gasteiger partial charge on any atom is -0.280 e. The Labute approximate surface area is 162 Å². The fourth-order valence-corrected chi connectivity index (χ4v) is 5.17. The predicted molar refractivity (Wildman–Crippen MR) is 111 cm³/mol. The van der Waals surface area contributed by atoms with Gasteiger partial charge < -0.3 is 0 Å². The number of para-hydroxylation sites is 1. The van der Waals surface area contributed by atoms with E-state index in [-0.39, 0.29) is 0 Å². The zero-order chi connectivity index (χ0) is 17.4. The van der Waals surface area contributed by atoms with Crippen LogP contribution < -0.4 is 3.11 Å².